The number of thioether (sulfide) groups is 1. The number of amides is 1. The number of nitrogens with one attached hydrogen (secondary N) is 1. The van der Waals surface area contributed by atoms with Crippen molar-refractivity contribution in [2.24, 2.45) is 0 Å². The van der Waals surface area contributed by atoms with Crippen molar-refractivity contribution in [3.8, 4) is 5.69 Å². The maximum Gasteiger partial charge on any atom is 0.234 e. The molecule has 0 atom stereocenters. The summed E-state index contributed by atoms with van der Waals surface area (Å²) < 4.78 is 3.74. The molecule has 1 aromatic carbocycles. The molecule has 1 amide bonds. The number of anilines is 1. The summed E-state index contributed by atoms with van der Waals surface area (Å²) in [4.78, 5) is 12.3. The fourth-order valence-electron chi connectivity index (χ4n) is 2.52. The van der Waals surface area contributed by atoms with Crippen LogP contribution >= 0.6 is 11.8 Å². The first-order chi connectivity index (χ1) is 12.1. The SMILES string of the molecule is CCn1cnnc1SCC(=O)Nc1c(C)nn(-c2ccccc2)c1C. The second-order valence-electron chi connectivity index (χ2n) is 5.53. The number of hydrogen-bond acceptors (Lipinski definition) is 5. The summed E-state index contributed by atoms with van der Waals surface area (Å²) in [6.07, 6.45) is 1.67. The Morgan fingerprint density at radius 2 is 2.00 bits per heavy atom. The van der Waals surface area contributed by atoms with Gasteiger partial charge in [0.1, 0.15) is 6.33 Å². The van der Waals surface area contributed by atoms with Crippen molar-refractivity contribution in [2.45, 2.75) is 32.5 Å². The van der Waals surface area contributed by atoms with Crippen molar-refractivity contribution in [3.05, 3.63) is 48.0 Å². The Kier molecular flexibility index (Phi) is 5.18. The van der Waals surface area contributed by atoms with Crippen LogP contribution in [0.5, 0.6) is 0 Å². The minimum absolute atomic E-state index is 0.0885. The zero-order valence-electron chi connectivity index (χ0n) is 14.4. The van der Waals surface area contributed by atoms with Gasteiger partial charge in [0, 0.05) is 6.54 Å². The Bertz CT molecular complexity index is 871. The van der Waals surface area contributed by atoms with E-state index in [1.807, 2.05) is 60.4 Å². The van der Waals surface area contributed by atoms with E-state index in [4.69, 9.17) is 0 Å². The quantitative estimate of drug-likeness (QED) is 0.687. The van der Waals surface area contributed by atoms with Crippen LogP contribution in [0.1, 0.15) is 18.3 Å². The molecule has 0 radical (unpaired) electrons. The fourth-order valence-corrected chi connectivity index (χ4v) is 3.30. The van der Waals surface area contributed by atoms with E-state index in [0.717, 1.165) is 34.5 Å². The van der Waals surface area contributed by atoms with Crippen LogP contribution in [-0.2, 0) is 11.3 Å². The van der Waals surface area contributed by atoms with Gasteiger partial charge < -0.3 is 9.88 Å². The average Bonchev–Trinajstić information content (AvgIpc) is 3.20. The van der Waals surface area contributed by atoms with Gasteiger partial charge >= 0.3 is 0 Å². The summed E-state index contributed by atoms with van der Waals surface area (Å²) in [5, 5.41) is 16.1. The summed E-state index contributed by atoms with van der Waals surface area (Å²) in [5.41, 5.74) is 3.41. The summed E-state index contributed by atoms with van der Waals surface area (Å²) in [6, 6.07) is 9.86. The molecule has 2 aromatic heterocycles. The Morgan fingerprint density at radius 3 is 2.72 bits per heavy atom. The number of carbonyl (C=O) groups excluding carboxylic acids is 1. The molecule has 7 nitrogen and oxygen atoms in total. The number of para-hydroxylation sites is 1. The van der Waals surface area contributed by atoms with Crippen molar-refractivity contribution in [1.29, 1.82) is 0 Å². The van der Waals surface area contributed by atoms with Crippen LogP contribution < -0.4 is 5.32 Å². The summed E-state index contributed by atoms with van der Waals surface area (Å²) in [6.45, 7) is 6.63. The molecule has 0 bridgehead atoms. The third kappa shape index (κ3) is 3.74. The number of aromatic nitrogens is 5. The van der Waals surface area contributed by atoms with E-state index in [2.05, 4.69) is 20.6 Å². The average molecular weight is 356 g/mol. The molecule has 130 valence electrons. The lowest BCUT2D eigenvalue weighted by Gasteiger charge is -2.07. The molecule has 0 fully saturated rings. The fraction of sp³-hybridized carbons (Fsp3) is 0.294. The van der Waals surface area contributed by atoms with Crippen LogP contribution in [0.2, 0.25) is 0 Å². The summed E-state index contributed by atoms with van der Waals surface area (Å²) >= 11 is 1.37. The lowest BCUT2D eigenvalue weighted by atomic mass is 10.3. The van der Waals surface area contributed by atoms with Gasteiger partial charge in [-0.2, -0.15) is 5.10 Å². The van der Waals surface area contributed by atoms with Gasteiger partial charge in [-0.3, -0.25) is 4.79 Å². The predicted molar refractivity (Wildman–Crippen MR) is 98.1 cm³/mol. The molecule has 3 aromatic rings. The van der Waals surface area contributed by atoms with Gasteiger partial charge in [-0.15, -0.1) is 10.2 Å². The molecule has 0 aliphatic heterocycles. The molecule has 3 rings (SSSR count). The second-order valence-corrected chi connectivity index (χ2v) is 6.47. The zero-order chi connectivity index (χ0) is 17.8. The molecule has 8 heteroatoms. The van der Waals surface area contributed by atoms with Crippen molar-refractivity contribution < 1.29 is 4.79 Å². The van der Waals surface area contributed by atoms with Gasteiger partial charge in [0.25, 0.3) is 0 Å². The molecule has 0 unspecified atom stereocenters. The molecule has 0 aliphatic rings. The highest BCUT2D eigenvalue weighted by Crippen LogP contribution is 2.23. The van der Waals surface area contributed by atoms with E-state index < -0.39 is 0 Å². The van der Waals surface area contributed by atoms with E-state index in [-0.39, 0.29) is 11.7 Å². The van der Waals surface area contributed by atoms with E-state index >= 15 is 0 Å². The van der Waals surface area contributed by atoms with E-state index in [0.29, 0.717) is 0 Å². The third-order valence-corrected chi connectivity index (χ3v) is 4.79. The monoisotopic (exact) mass is 356 g/mol. The number of aryl methyl sites for hydroxylation is 2. The highest BCUT2D eigenvalue weighted by atomic mass is 32.2. The lowest BCUT2D eigenvalue weighted by molar-refractivity contribution is -0.113. The smallest absolute Gasteiger partial charge is 0.234 e. The van der Waals surface area contributed by atoms with Crippen LogP contribution in [0.3, 0.4) is 0 Å². The van der Waals surface area contributed by atoms with Gasteiger partial charge in [-0.1, -0.05) is 30.0 Å². The molecular weight excluding hydrogens is 336 g/mol. The highest BCUT2D eigenvalue weighted by Gasteiger charge is 2.16. The molecule has 1 N–H and O–H groups in total. The summed E-state index contributed by atoms with van der Waals surface area (Å²) in [5.74, 6) is 0.183. The molecule has 0 spiro atoms. The molecule has 25 heavy (non-hydrogen) atoms. The maximum atomic E-state index is 12.3. The van der Waals surface area contributed by atoms with Crippen molar-refractivity contribution in [1.82, 2.24) is 24.5 Å². The first-order valence-electron chi connectivity index (χ1n) is 8.02. The molecule has 0 aliphatic carbocycles. The van der Waals surface area contributed by atoms with Crippen LogP contribution in [0.4, 0.5) is 5.69 Å². The minimum Gasteiger partial charge on any atom is -0.322 e. The van der Waals surface area contributed by atoms with Gasteiger partial charge in [-0.25, -0.2) is 4.68 Å². The first-order valence-corrected chi connectivity index (χ1v) is 9.00. The Balaban J connectivity index is 1.70. The highest BCUT2D eigenvalue weighted by molar-refractivity contribution is 7.99. The molecule has 0 saturated carbocycles. The third-order valence-electron chi connectivity index (χ3n) is 3.81. The van der Waals surface area contributed by atoms with E-state index in [1.54, 1.807) is 6.33 Å². The van der Waals surface area contributed by atoms with Crippen molar-refractivity contribution in [3.63, 3.8) is 0 Å². The number of benzene rings is 1. The van der Waals surface area contributed by atoms with Gasteiger partial charge in [0.15, 0.2) is 5.16 Å². The van der Waals surface area contributed by atoms with Crippen LogP contribution in [0, 0.1) is 13.8 Å². The molecular formula is C17H20N6OS. The first kappa shape index (κ1) is 17.2. The zero-order valence-corrected chi connectivity index (χ0v) is 15.2. The van der Waals surface area contributed by atoms with Crippen LogP contribution in [0.25, 0.3) is 5.69 Å². The van der Waals surface area contributed by atoms with Crippen molar-refractivity contribution >= 4 is 23.4 Å². The van der Waals surface area contributed by atoms with Crippen LogP contribution in [0.15, 0.2) is 41.8 Å². The van der Waals surface area contributed by atoms with E-state index in [1.165, 1.54) is 11.8 Å². The lowest BCUT2D eigenvalue weighted by Crippen LogP contribution is -2.15. The number of nitrogens with zero attached hydrogens (tertiary/aromatic N) is 5. The Labute approximate surface area is 150 Å². The maximum absolute atomic E-state index is 12.3. The predicted octanol–water partition coefficient (Wildman–Crippen LogP) is 2.83. The van der Waals surface area contributed by atoms with Crippen LogP contribution in [-0.4, -0.2) is 36.2 Å². The normalized spacial score (nSPS) is 10.8. The van der Waals surface area contributed by atoms with Gasteiger partial charge in [-0.05, 0) is 32.9 Å². The molecule has 2 heterocycles. The minimum atomic E-state index is -0.0885. The number of carbonyl (C=O) groups is 1. The molecule has 0 saturated heterocycles. The summed E-state index contributed by atoms with van der Waals surface area (Å²) in [7, 11) is 0. The van der Waals surface area contributed by atoms with Gasteiger partial charge in [0.05, 0.1) is 28.5 Å². The van der Waals surface area contributed by atoms with E-state index in [9.17, 15) is 4.79 Å². The topological polar surface area (TPSA) is 77.6 Å². The van der Waals surface area contributed by atoms with Gasteiger partial charge in [0.2, 0.25) is 5.91 Å². The standard InChI is InChI=1S/C17H20N6OS/c1-4-22-11-18-20-17(22)25-10-15(24)19-16-12(2)21-23(13(16)3)14-8-6-5-7-9-14/h5-9,11H,4,10H2,1-3H3,(H,19,24). The Hall–Kier alpha value is -2.61. The van der Waals surface area contributed by atoms with Crippen molar-refractivity contribution in [2.75, 3.05) is 11.1 Å². The largest absolute Gasteiger partial charge is 0.322 e. The number of hydrogen-bond donors (Lipinski definition) is 1. The number of rotatable bonds is 6. The Morgan fingerprint density at radius 1 is 1.24 bits per heavy atom. The second kappa shape index (κ2) is 7.52.